The molecule has 1 aromatic rings. The van der Waals surface area contributed by atoms with Crippen molar-refractivity contribution in [1.29, 1.82) is 0 Å². The summed E-state index contributed by atoms with van der Waals surface area (Å²) in [5.74, 6) is -0.255. The zero-order valence-electron chi connectivity index (χ0n) is 10.4. The normalized spacial score (nSPS) is 15.4. The highest BCUT2D eigenvalue weighted by Crippen LogP contribution is 2.24. The predicted molar refractivity (Wildman–Crippen MR) is 68.9 cm³/mol. The van der Waals surface area contributed by atoms with E-state index in [4.69, 9.17) is 0 Å². The van der Waals surface area contributed by atoms with Gasteiger partial charge in [-0.1, -0.05) is 6.92 Å². The summed E-state index contributed by atoms with van der Waals surface area (Å²) in [5.41, 5.74) is 1.90. The van der Waals surface area contributed by atoms with Gasteiger partial charge in [0.05, 0.1) is 22.4 Å². The van der Waals surface area contributed by atoms with Crippen molar-refractivity contribution in [2.75, 3.05) is 6.54 Å². The Bertz CT molecular complexity index is 497. The number of nitrogens with zero attached hydrogens (tertiary/aromatic N) is 3. The van der Waals surface area contributed by atoms with Gasteiger partial charge in [-0.25, -0.2) is 4.79 Å². The zero-order valence-corrected chi connectivity index (χ0v) is 12.0. The Morgan fingerprint density at radius 3 is 2.61 bits per heavy atom. The van der Waals surface area contributed by atoms with Gasteiger partial charge in [-0.3, -0.25) is 14.8 Å². The Morgan fingerprint density at radius 2 is 2.11 bits per heavy atom. The van der Waals surface area contributed by atoms with Crippen LogP contribution in [0.1, 0.15) is 25.2 Å². The fourth-order valence-electron chi connectivity index (χ4n) is 1.96. The summed E-state index contributed by atoms with van der Waals surface area (Å²) in [6.45, 7) is 5.26. The van der Waals surface area contributed by atoms with Crippen LogP contribution in [0.3, 0.4) is 0 Å². The van der Waals surface area contributed by atoms with E-state index in [9.17, 15) is 9.59 Å². The van der Waals surface area contributed by atoms with E-state index in [1.807, 2.05) is 18.5 Å². The van der Waals surface area contributed by atoms with Crippen molar-refractivity contribution in [3.05, 3.63) is 15.9 Å². The summed E-state index contributed by atoms with van der Waals surface area (Å²) < 4.78 is 2.79. The highest BCUT2D eigenvalue weighted by molar-refractivity contribution is 9.10. The molecule has 2 heterocycles. The Morgan fingerprint density at radius 1 is 1.39 bits per heavy atom. The topological polar surface area (TPSA) is 67.2 Å². The second-order valence-corrected chi connectivity index (χ2v) is 4.88. The van der Waals surface area contributed by atoms with Gasteiger partial charge in [-0.05, 0) is 29.3 Å². The molecule has 0 radical (unpaired) electrons. The molecule has 1 saturated heterocycles. The first-order chi connectivity index (χ1) is 8.56. The van der Waals surface area contributed by atoms with Crippen molar-refractivity contribution in [1.82, 2.24) is 20.0 Å². The van der Waals surface area contributed by atoms with Crippen LogP contribution in [0.4, 0.5) is 4.79 Å². The molecule has 3 amide bonds. The first kappa shape index (κ1) is 13.1. The molecule has 6 nitrogen and oxygen atoms in total. The van der Waals surface area contributed by atoms with E-state index < -0.39 is 0 Å². The number of urea groups is 1. The molecule has 1 aliphatic heterocycles. The van der Waals surface area contributed by atoms with Crippen LogP contribution in [0.5, 0.6) is 0 Å². The minimum atomic E-state index is -0.339. The van der Waals surface area contributed by atoms with Crippen molar-refractivity contribution in [2.24, 2.45) is 0 Å². The Balaban J connectivity index is 2.25. The van der Waals surface area contributed by atoms with Crippen LogP contribution in [0.15, 0.2) is 4.47 Å². The third-order valence-electron chi connectivity index (χ3n) is 2.90. The third kappa shape index (κ3) is 2.27. The lowest BCUT2D eigenvalue weighted by Crippen LogP contribution is -2.28. The maximum absolute atomic E-state index is 11.5. The van der Waals surface area contributed by atoms with Gasteiger partial charge in [-0.2, -0.15) is 5.10 Å². The van der Waals surface area contributed by atoms with Crippen LogP contribution in [-0.2, 0) is 24.3 Å². The number of hydrogen-bond acceptors (Lipinski definition) is 3. The quantitative estimate of drug-likeness (QED) is 0.851. The van der Waals surface area contributed by atoms with Gasteiger partial charge in [0.1, 0.15) is 6.54 Å². The summed E-state index contributed by atoms with van der Waals surface area (Å²) in [6, 6.07) is -0.339. The number of aryl methyl sites for hydroxylation is 2. The van der Waals surface area contributed by atoms with Gasteiger partial charge in [0.25, 0.3) is 0 Å². The number of carbonyl (C=O) groups excluding carboxylic acids is 2. The van der Waals surface area contributed by atoms with Crippen molar-refractivity contribution >= 4 is 27.9 Å². The van der Waals surface area contributed by atoms with Crippen molar-refractivity contribution in [2.45, 2.75) is 33.4 Å². The van der Waals surface area contributed by atoms with Gasteiger partial charge in [0, 0.05) is 6.54 Å². The van der Waals surface area contributed by atoms with Crippen molar-refractivity contribution in [3.63, 3.8) is 0 Å². The smallest absolute Gasteiger partial charge is 0.309 e. The van der Waals surface area contributed by atoms with E-state index in [2.05, 4.69) is 26.3 Å². The number of amides is 3. The largest absolute Gasteiger partial charge is 0.324 e. The fourth-order valence-corrected chi connectivity index (χ4v) is 2.65. The number of halogens is 1. The Hall–Kier alpha value is -1.37. The molecule has 0 aromatic carbocycles. The summed E-state index contributed by atoms with van der Waals surface area (Å²) in [4.78, 5) is 24.2. The third-order valence-corrected chi connectivity index (χ3v) is 3.82. The lowest BCUT2D eigenvalue weighted by molar-refractivity contribution is -0.118. The monoisotopic (exact) mass is 314 g/mol. The minimum absolute atomic E-state index is 0.113. The van der Waals surface area contributed by atoms with Crippen molar-refractivity contribution < 1.29 is 9.59 Å². The molecule has 18 heavy (non-hydrogen) atoms. The molecule has 98 valence electrons. The second kappa shape index (κ2) is 5.09. The van der Waals surface area contributed by atoms with Crippen LogP contribution >= 0.6 is 15.9 Å². The van der Waals surface area contributed by atoms with Crippen LogP contribution in [0, 0.1) is 0 Å². The average Bonchev–Trinajstić information content (AvgIpc) is 2.81. The maximum Gasteiger partial charge on any atom is 0.324 e. The SMILES string of the molecule is CCc1nn(CC)c(CN2CC(=O)NC2=O)c1Br. The first-order valence-corrected chi connectivity index (χ1v) is 6.68. The number of carbonyl (C=O) groups is 2. The van der Waals surface area contributed by atoms with Crippen molar-refractivity contribution in [3.8, 4) is 0 Å². The standard InChI is InChI=1S/C11H15BrN4O2/c1-3-7-10(12)8(16(4-2)14-7)5-15-6-9(17)13-11(15)18/h3-6H2,1-2H3,(H,13,17,18). The number of hydrogen-bond donors (Lipinski definition) is 1. The van der Waals surface area contributed by atoms with E-state index in [-0.39, 0.29) is 18.5 Å². The highest BCUT2D eigenvalue weighted by Gasteiger charge is 2.28. The van der Waals surface area contributed by atoms with Gasteiger partial charge in [0.15, 0.2) is 0 Å². The van der Waals surface area contributed by atoms with Gasteiger partial charge >= 0.3 is 6.03 Å². The van der Waals surface area contributed by atoms with Crippen LogP contribution in [-0.4, -0.2) is 33.2 Å². The zero-order chi connectivity index (χ0) is 13.3. The Labute approximate surface area is 113 Å². The van der Waals surface area contributed by atoms with Crippen LogP contribution in [0.25, 0.3) is 0 Å². The summed E-state index contributed by atoms with van der Waals surface area (Å²) in [5, 5.41) is 6.73. The molecule has 0 bridgehead atoms. The second-order valence-electron chi connectivity index (χ2n) is 4.09. The predicted octanol–water partition coefficient (Wildman–Crippen LogP) is 1.28. The van der Waals surface area contributed by atoms with Gasteiger partial charge in [0.2, 0.25) is 5.91 Å². The lowest BCUT2D eigenvalue weighted by atomic mass is 10.3. The summed E-state index contributed by atoms with van der Waals surface area (Å²) in [7, 11) is 0. The van der Waals surface area contributed by atoms with Crippen LogP contribution < -0.4 is 5.32 Å². The molecule has 1 aliphatic rings. The molecule has 7 heteroatoms. The minimum Gasteiger partial charge on any atom is -0.309 e. The molecule has 0 saturated carbocycles. The van der Waals surface area contributed by atoms with E-state index in [1.165, 1.54) is 4.90 Å². The lowest BCUT2D eigenvalue weighted by Gasteiger charge is -2.14. The highest BCUT2D eigenvalue weighted by atomic mass is 79.9. The van der Waals surface area contributed by atoms with Gasteiger partial charge in [-0.15, -0.1) is 0 Å². The maximum atomic E-state index is 11.5. The number of imide groups is 1. The number of aromatic nitrogens is 2. The molecular weight excluding hydrogens is 300 g/mol. The molecule has 0 atom stereocenters. The molecule has 0 unspecified atom stereocenters. The molecule has 2 rings (SSSR count). The number of rotatable bonds is 4. The Kier molecular flexibility index (Phi) is 3.70. The molecule has 0 aliphatic carbocycles. The molecule has 1 aromatic heterocycles. The van der Waals surface area contributed by atoms with Crippen LogP contribution in [0.2, 0.25) is 0 Å². The van der Waals surface area contributed by atoms with E-state index in [1.54, 1.807) is 0 Å². The van der Waals surface area contributed by atoms with Gasteiger partial charge < -0.3 is 4.90 Å². The molecule has 0 spiro atoms. The number of nitrogens with one attached hydrogen (secondary N) is 1. The molecule has 1 N–H and O–H groups in total. The molecular formula is C11H15BrN4O2. The average molecular weight is 315 g/mol. The molecule has 1 fully saturated rings. The summed E-state index contributed by atoms with van der Waals surface area (Å²) >= 11 is 3.52. The summed E-state index contributed by atoms with van der Waals surface area (Å²) in [6.07, 6.45) is 0.825. The van der Waals surface area contributed by atoms with E-state index in [0.29, 0.717) is 6.54 Å². The first-order valence-electron chi connectivity index (χ1n) is 5.89. The fraction of sp³-hybridized carbons (Fsp3) is 0.545. The van der Waals surface area contributed by atoms with E-state index in [0.717, 1.165) is 28.8 Å². The van der Waals surface area contributed by atoms with E-state index >= 15 is 0 Å².